The van der Waals surface area contributed by atoms with E-state index in [2.05, 4.69) is 21.2 Å². The molecule has 128 valence electrons. The lowest BCUT2D eigenvalue weighted by atomic mass is 10.1. The molecular formula is C18H19BrClNO3. The molecule has 24 heavy (non-hydrogen) atoms. The van der Waals surface area contributed by atoms with Crippen LogP contribution >= 0.6 is 27.5 Å². The third-order valence-electron chi connectivity index (χ3n) is 3.38. The van der Waals surface area contributed by atoms with Crippen LogP contribution in [-0.2, 0) is 4.79 Å². The fourth-order valence-electron chi connectivity index (χ4n) is 2.15. The van der Waals surface area contributed by atoms with Gasteiger partial charge in [0.1, 0.15) is 11.5 Å². The predicted octanol–water partition coefficient (Wildman–Crippen LogP) is 5.14. The Morgan fingerprint density at radius 3 is 2.50 bits per heavy atom. The van der Waals surface area contributed by atoms with Gasteiger partial charge in [0.25, 0.3) is 5.91 Å². The van der Waals surface area contributed by atoms with Crippen molar-refractivity contribution in [2.24, 2.45) is 0 Å². The summed E-state index contributed by atoms with van der Waals surface area (Å²) in [5.74, 6) is 1.12. The number of carbonyl (C=O) groups excluding carboxylic acids is 1. The summed E-state index contributed by atoms with van der Waals surface area (Å²) in [7, 11) is 0. The van der Waals surface area contributed by atoms with Gasteiger partial charge < -0.3 is 14.8 Å². The predicted molar refractivity (Wildman–Crippen MR) is 100 cm³/mol. The molecule has 0 aromatic heterocycles. The van der Waals surface area contributed by atoms with Crippen molar-refractivity contribution < 1.29 is 14.3 Å². The van der Waals surface area contributed by atoms with Gasteiger partial charge >= 0.3 is 0 Å². The van der Waals surface area contributed by atoms with Crippen LogP contribution < -0.4 is 14.8 Å². The number of benzene rings is 2. The fourth-order valence-corrected chi connectivity index (χ4v) is 2.84. The molecule has 0 saturated heterocycles. The van der Waals surface area contributed by atoms with Gasteiger partial charge in [0.15, 0.2) is 6.61 Å². The third-order valence-corrected chi connectivity index (χ3v) is 4.94. The van der Waals surface area contributed by atoms with Crippen LogP contribution in [0.5, 0.6) is 11.5 Å². The second-order valence-corrected chi connectivity index (χ2v) is 6.41. The molecule has 2 rings (SSSR count). The zero-order valence-corrected chi connectivity index (χ0v) is 16.1. The molecule has 1 N–H and O–H groups in total. The summed E-state index contributed by atoms with van der Waals surface area (Å²) in [6, 6.07) is 9.00. The summed E-state index contributed by atoms with van der Waals surface area (Å²) in [6.45, 7) is 6.23. The van der Waals surface area contributed by atoms with Gasteiger partial charge in [0.05, 0.1) is 11.1 Å². The maximum Gasteiger partial charge on any atom is 0.262 e. The van der Waals surface area contributed by atoms with E-state index in [0.717, 1.165) is 21.3 Å². The molecule has 6 heteroatoms. The monoisotopic (exact) mass is 411 g/mol. The Balaban J connectivity index is 1.96. The topological polar surface area (TPSA) is 47.6 Å². The zero-order valence-electron chi connectivity index (χ0n) is 13.8. The van der Waals surface area contributed by atoms with Gasteiger partial charge in [-0.05, 0) is 78.2 Å². The van der Waals surface area contributed by atoms with Crippen LogP contribution in [0.15, 0.2) is 34.8 Å². The number of anilines is 1. The average Bonchev–Trinajstić information content (AvgIpc) is 2.57. The van der Waals surface area contributed by atoms with Crippen molar-refractivity contribution in [1.82, 2.24) is 0 Å². The number of hydrogen-bond donors (Lipinski definition) is 1. The summed E-state index contributed by atoms with van der Waals surface area (Å²) in [4.78, 5) is 12.0. The number of ether oxygens (including phenoxy) is 2. The van der Waals surface area contributed by atoms with Crippen LogP contribution in [-0.4, -0.2) is 19.1 Å². The second-order valence-electron chi connectivity index (χ2n) is 5.24. The highest BCUT2D eigenvalue weighted by atomic mass is 79.9. The van der Waals surface area contributed by atoms with Crippen LogP contribution in [0.25, 0.3) is 0 Å². The van der Waals surface area contributed by atoms with Crippen molar-refractivity contribution >= 4 is 39.1 Å². The first-order valence-corrected chi connectivity index (χ1v) is 8.70. The standard InChI is InChI=1S/C18H19BrClNO3/c1-4-23-14-7-5-13(6-8-14)21-16(22)10-24-15-9-11(2)18(20)12(3)17(15)19/h5-9H,4,10H2,1-3H3,(H,21,22). The molecule has 0 bridgehead atoms. The normalized spacial score (nSPS) is 10.4. The van der Waals surface area contributed by atoms with Gasteiger partial charge in [0, 0.05) is 10.7 Å². The highest BCUT2D eigenvalue weighted by Gasteiger charge is 2.12. The molecule has 0 saturated carbocycles. The molecular weight excluding hydrogens is 394 g/mol. The Labute approximate surface area is 155 Å². The van der Waals surface area contributed by atoms with E-state index in [-0.39, 0.29) is 12.5 Å². The molecule has 1 amide bonds. The number of nitrogens with one attached hydrogen (secondary N) is 1. The van der Waals surface area contributed by atoms with Gasteiger partial charge in [-0.2, -0.15) is 0 Å². The molecule has 0 unspecified atom stereocenters. The van der Waals surface area contributed by atoms with Gasteiger partial charge in [-0.1, -0.05) is 11.6 Å². The quantitative estimate of drug-likeness (QED) is 0.715. The largest absolute Gasteiger partial charge is 0.494 e. The number of hydrogen-bond acceptors (Lipinski definition) is 3. The lowest BCUT2D eigenvalue weighted by Gasteiger charge is -2.13. The molecule has 0 aliphatic carbocycles. The van der Waals surface area contributed by atoms with Gasteiger partial charge in [-0.25, -0.2) is 0 Å². The van der Waals surface area contributed by atoms with Crippen molar-refractivity contribution in [2.75, 3.05) is 18.5 Å². The number of rotatable bonds is 6. The third kappa shape index (κ3) is 4.65. The van der Waals surface area contributed by atoms with E-state index in [1.54, 1.807) is 12.1 Å². The van der Waals surface area contributed by atoms with E-state index in [4.69, 9.17) is 21.1 Å². The molecule has 0 heterocycles. The van der Waals surface area contributed by atoms with E-state index in [1.807, 2.05) is 39.0 Å². The lowest BCUT2D eigenvalue weighted by Crippen LogP contribution is -2.20. The maximum atomic E-state index is 12.0. The number of aryl methyl sites for hydroxylation is 1. The van der Waals surface area contributed by atoms with Crippen molar-refractivity contribution in [2.45, 2.75) is 20.8 Å². The SMILES string of the molecule is CCOc1ccc(NC(=O)COc2cc(C)c(Cl)c(C)c2Br)cc1. The minimum absolute atomic E-state index is 0.0909. The minimum Gasteiger partial charge on any atom is -0.494 e. The van der Waals surface area contributed by atoms with Gasteiger partial charge in [-0.15, -0.1) is 0 Å². The average molecular weight is 413 g/mol. The first-order valence-electron chi connectivity index (χ1n) is 7.53. The molecule has 0 atom stereocenters. The number of carbonyl (C=O) groups is 1. The maximum absolute atomic E-state index is 12.0. The highest BCUT2D eigenvalue weighted by Crippen LogP contribution is 2.35. The van der Waals surface area contributed by atoms with E-state index in [1.165, 1.54) is 0 Å². The van der Waals surface area contributed by atoms with Crippen molar-refractivity contribution in [3.63, 3.8) is 0 Å². The Morgan fingerprint density at radius 1 is 1.21 bits per heavy atom. The number of halogens is 2. The van der Waals surface area contributed by atoms with Crippen LogP contribution in [0.2, 0.25) is 5.02 Å². The summed E-state index contributed by atoms with van der Waals surface area (Å²) in [6.07, 6.45) is 0. The minimum atomic E-state index is -0.240. The van der Waals surface area contributed by atoms with E-state index in [9.17, 15) is 4.79 Å². The van der Waals surface area contributed by atoms with Gasteiger partial charge in [0.2, 0.25) is 0 Å². The van der Waals surface area contributed by atoms with E-state index < -0.39 is 0 Å². The summed E-state index contributed by atoms with van der Waals surface area (Å²) >= 11 is 9.63. The number of amides is 1. The molecule has 2 aromatic rings. The first kappa shape index (κ1) is 18.6. The Kier molecular flexibility index (Phi) is 6.52. The van der Waals surface area contributed by atoms with Crippen molar-refractivity contribution in [3.05, 3.63) is 51.0 Å². The molecule has 2 aromatic carbocycles. The molecule has 0 radical (unpaired) electrons. The van der Waals surface area contributed by atoms with Crippen LogP contribution in [0.3, 0.4) is 0 Å². The lowest BCUT2D eigenvalue weighted by molar-refractivity contribution is -0.118. The van der Waals surface area contributed by atoms with E-state index in [0.29, 0.717) is 23.1 Å². The van der Waals surface area contributed by atoms with Crippen molar-refractivity contribution in [1.29, 1.82) is 0 Å². The van der Waals surface area contributed by atoms with E-state index >= 15 is 0 Å². The van der Waals surface area contributed by atoms with Crippen LogP contribution in [0.1, 0.15) is 18.1 Å². The zero-order chi connectivity index (χ0) is 17.7. The summed E-state index contributed by atoms with van der Waals surface area (Å²) in [5, 5.41) is 3.47. The van der Waals surface area contributed by atoms with Crippen LogP contribution in [0.4, 0.5) is 5.69 Å². The molecule has 0 fully saturated rings. The molecule has 0 spiro atoms. The second kappa shape index (κ2) is 8.40. The molecule has 0 aliphatic heterocycles. The fraction of sp³-hybridized carbons (Fsp3) is 0.278. The van der Waals surface area contributed by atoms with Crippen LogP contribution in [0, 0.1) is 13.8 Å². The Morgan fingerprint density at radius 2 is 1.88 bits per heavy atom. The first-order chi connectivity index (χ1) is 11.4. The van der Waals surface area contributed by atoms with Gasteiger partial charge in [-0.3, -0.25) is 4.79 Å². The highest BCUT2D eigenvalue weighted by molar-refractivity contribution is 9.10. The Hall–Kier alpha value is -1.72. The summed E-state index contributed by atoms with van der Waals surface area (Å²) < 4.78 is 11.7. The molecule has 0 aliphatic rings. The Bertz CT molecular complexity index is 732. The molecule has 4 nitrogen and oxygen atoms in total. The summed E-state index contributed by atoms with van der Waals surface area (Å²) in [5.41, 5.74) is 2.48. The smallest absolute Gasteiger partial charge is 0.262 e. The van der Waals surface area contributed by atoms with Crippen molar-refractivity contribution in [3.8, 4) is 11.5 Å².